The largest absolute Gasteiger partial charge is 0.344 e. The maximum Gasteiger partial charge on any atom is 0.0206 e. The van der Waals surface area contributed by atoms with Crippen LogP contribution in [0.4, 0.5) is 0 Å². The van der Waals surface area contributed by atoms with E-state index in [9.17, 15) is 0 Å². The molecule has 3 N–H and O–H groups in total. The smallest absolute Gasteiger partial charge is 0.0206 e. The van der Waals surface area contributed by atoms with Gasteiger partial charge in [0.1, 0.15) is 0 Å². The number of rotatable bonds is 0. The second kappa shape index (κ2) is 3.74. The first-order chi connectivity index (χ1) is 6.05. The fourth-order valence-electron chi connectivity index (χ4n) is 2.75. The summed E-state index contributed by atoms with van der Waals surface area (Å²) in [5.41, 5.74) is 1.03. The molecule has 0 spiro atoms. The highest BCUT2D eigenvalue weighted by Gasteiger charge is 2.55. The Hall–Kier alpha value is -0.0800. The molecule has 0 saturated carbocycles. The lowest BCUT2D eigenvalue weighted by molar-refractivity contribution is -0.133. The lowest BCUT2D eigenvalue weighted by atomic mass is 9.51. The van der Waals surface area contributed by atoms with Crippen molar-refractivity contribution in [2.24, 2.45) is 16.7 Å². The van der Waals surface area contributed by atoms with Gasteiger partial charge in [-0.1, -0.05) is 34.6 Å². The molecule has 2 heteroatoms. The van der Waals surface area contributed by atoms with Crippen LogP contribution in [0.2, 0.25) is 0 Å². The van der Waals surface area contributed by atoms with Crippen LogP contribution in [-0.4, -0.2) is 24.0 Å². The van der Waals surface area contributed by atoms with E-state index >= 15 is 0 Å². The molecule has 1 unspecified atom stereocenters. The maximum atomic E-state index is 2.52. The fourth-order valence-corrected chi connectivity index (χ4v) is 2.75. The monoisotopic (exact) mass is 214 g/mol. The maximum absolute atomic E-state index is 2.52. The van der Waals surface area contributed by atoms with Gasteiger partial charge in [0.2, 0.25) is 0 Å². The first-order valence-corrected chi connectivity index (χ1v) is 5.76. The van der Waals surface area contributed by atoms with Crippen molar-refractivity contribution in [3.63, 3.8) is 0 Å². The summed E-state index contributed by atoms with van der Waals surface area (Å²) in [5.74, 6) is 0.760. The minimum Gasteiger partial charge on any atom is -0.344 e. The van der Waals surface area contributed by atoms with Gasteiger partial charge in [0.25, 0.3) is 0 Å². The van der Waals surface area contributed by atoms with Crippen LogP contribution < -0.4 is 6.15 Å². The zero-order chi connectivity index (χ0) is 11.4. The first-order valence-electron chi connectivity index (χ1n) is 5.76. The third-order valence-electron chi connectivity index (χ3n) is 5.87. The van der Waals surface area contributed by atoms with Crippen molar-refractivity contribution in [3.05, 3.63) is 0 Å². The molecular formula is C13H30N2. The Bertz CT molecular complexity index is 207. The second-order valence-corrected chi connectivity index (χ2v) is 6.69. The lowest BCUT2D eigenvalue weighted by Gasteiger charge is -2.63. The third kappa shape index (κ3) is 1.72. The summed E-state index contributed by atoms with van der Waals surface area (Å²) in [4.78, 5) is 2.52. The molecule has 0 aliphatic carbocycles. The molecule has 1 atom stereocenters. The molecule has 0 aromatic carbocycles. The predicted octanol–water partition coefficient (Wildman–Crippen LogP) is 3.56. The molecular weight excluding hydrogens is 184 g/mol. The summed E-state index contributed by atoms with van der Waals surface area (Å²) in [6.45, 7) is 18.0. The average Bonchev–Trinajstić information content (AvgIpc) is 2.01. The van der Waals surface area contributed by atoms with Gasteiger partial charge in [0.15, 0.2) is 0 Å². The molecule has 1 heterocycles. The summed E-state index contributed by atoms with van der Waals surface area (Å²) in [5, 5.41) is 0. The van der Waals surface area contributed by atoms with E-state index in [1.807, 2.05) is 0 Å². The Balaban J connectivity index is 0.00000196. The summed E-state index contributed by atoms with van der Waals surface area (Å²) in [7, 11) is 2.26. The van der Waals surface area contributed by atoms with E-state index in [-0.39, 0.29) is 11.7 Å². The van der Waals surface area contributed by atoms with Gasteiger partial charge >= 0.3 is 0 Å². The molecule has 92 valence electrons. The van der Waals surface area contributed by atoms with Crippen molar-refractivity contribution in [3.8, 4) is 0 Å². The van der Waals surface area contributed by atoms with Crippen LogP contribution in [-0.2, 0) is 0 Å². The molecule has 0 aromatic heterocycles. The van der Waals surface area contributed by atoms with Crippen molar-refractivity contribution >= 4 is 0 Å². The van der Waals surface area contributed by atoms with Gasteiger partial charge in [-0.3, -0.25) is 0 Å². The Morgan fingerprint density at radius 2 is 1.40 bits per heavy atom. The Labute approximate surface area is 96.0 Å². The Kier molecular flexibility index (Phi) is 3.72. The van der Waals surface area contributed by atoms with E-state index in [0.717, 1.165) is 5.92 Å². The standard InChI is InChI=1S/C13H27N.H3N/c1-10-9-14(8)13(6,7)12(4,5)11(10,2)3;/h10H,9H2,1-8H3;1H3. The predicted molar refractivity (Wildman–Crippen MR) is 68.5 cm³/mol. The van der Waals surface area contributed by atoms with Gasteiger partial charge in [-0.05, 0) is 37.6 Å². The van der Waals surface area contributed by atoms with Crippen LogP contribution in [0.25, 0.3) is 0 Å². The highest BCUT2D eigenvalue weighted by molar-refractivity contribution is 5.07. The minimum atomic E-state index is 0. The molecule has 1 saturated heterocycles. The quantitative estimate of drug-likeness (QED) is 0.669. The zero-order valence-corrected chi connectivity index (χ0v) is 11.9. The summed E-state index contributed by atoms with van der Waals surface area (Å²) in [6, 6.07) is 0. The summed E-state index contributed by atoms with van der Waals surface area (Å²) >= 11 is 0. The molecule has 0 bridgehead atoms. The summed E-state index contributed by atoms with van der Waals surface area (Å²) in [6.07, 6.45) is 0. The minimum absolute atomic E-state index is 0. The highest BCUT2D eigenvalue weighted by Crippen LogP contribution is 2.56. The van der Waals surface area contributed by atoms with E-state index in [1.54, 1.807) is 0 Å². The van der Waals surface area contributed by atoms with Crippen LogP contribution in [0.5, 0.6) is 0 Å². The number of hydrogen-bond acceptors (Lipinski definition) is 2. The first kappa shape index (κ1) is 14.9. The Morgan fingerprint density at radius 3 is 1.80 bits per heavy atom. The number of likely N-dealkylation sites (tertiary alicyclic amines) is 1. The van der Waals surface area contributed by atoms with E-state index in [0.29, 0.717) is 10.8 Å². The van der Waals surface area contributed by atoms with E-state index < -0.39 is 0 Å². The van der Waals surface area contributed by atoms with Gasteiger partial charge in [-0.2, -0.15) is 0 Å². The lowest BCUT2D eigenvalue weighted by Crippen LogP contribution is -2.65. The molecule has 0 radical (unpaired) electrons. The van der Waals surface area contributed by atoms with Crippen LogP contribution >= 0.6 is 0 Å². The molecule has 1 aliphatic rings. The SMILES string of the molecule is CC1CN(C)C(C)(C)C(C)(C)C1(C)C.N. The average molecular weight is 214 g/mol. The third-order valence-corrected chi connectivity index (χ3v) is 5.87. The topological polar surface area (TPSA) is 38.2 Å². The number of piperidine rings is 1. The van der Waals surface area contributed by atoms with Crippen molar-refractivity contribution in [2.75, 3.05) is 13.6 Å². The van der Waals surface area contributed by atoms with Gasteiger partial charge in [0, 0.05) is 12.1 Å². The van der Waals surface area contributed by atoms with Crippen LogP contribution in [0.1, 0.15) is 48.5 Å². The normalized spacial score (nSPS) is 33.2. The van der Waals surface area contributed by atoms with Gasteiger partial charge in [-0.15, -0.1) is 0 Å². The number of hydrogen-bond donors (Lipinski definition) is 1. The van der Waals surface area contributed by atoms with Crippen molar-refractivity contribution in [2.45, 2.75) is 54.0 Å². The van der Waals surface area contributed by atoms with Gasteiger partial charge in [0.05, 0.1) is 0 Å². The number of nitrogens with zero attached hydrogens (tertiary/aromatic N) is 1. The van der Waals surface area contributed by atoms with Gasteiger partial charge in [-0.25, -0.2) is 0 Å². The molecule has 0 aromatic rings. The molecule has 1 fully saturated rings. The van der Waals surface area contributed by atoms with Crippen molar-refractivity contribution in [1.29, 1.82) is 0 Å². The summed E-state index contributed by atoms with van der Waals surface area (Å²) < 4.78 is 0. The molecule has 1 rings (SSSR count). The molecule has 0 amide bonds. The van der Waals surface area contributed by atoms with Crippen LogP contribution in [0.3, 0.4) is 0 Å². The highest BCUT2D eigenvalue weighted by atomic mass is 15.2. The van der Waals surface area contributed by atoms with Gasteiger partial charge < -0.3 is 11.1 Å². The van der Waals surface area contributed by atoms with E-state index in [2.05, 4.69) is 60.4 Å². The molecule has 1 aliphatic heterocycles. The van der Waals surface area contributed by atoms with Crippen LogP contribution in [0.15, 0.2) is 0 Å². The fraction of sp³-hybridized carbons (Fsp3) is 1.00. The molecule has 2 nitrogen and oxygen atoms in total. The van der Waals surface area contributed by atoms with Crippen molar-refractivity contribution in [1.82, 2.24) is 11.1 Å². The Morgan fingerprint density at radius 1 is 1.00 bits per heavy atom. The second-order valence-electron chi connectivity index (χ2n) is 6.69. The van der Waals surface area contributed by atoms with Crippen molar-refractivity contribution < 1.29 is 0 Å². The van der Waals surface area contributed by atoms with E-state index in [1.165, 1.54) is 6.54 Å². The molecule has 15 heavy (non-hydrogen) atoms. The zero-order valence-electron chi connectivity index (χ0n) is 11.9. The van der Waals surface area contributed by atoms with Crippen LogP contribution in [0, 0.1) is 16.7 Å². The van der Waals surface area contributed by atoms with E-state index in [4.69, 9.17) is 0 Å².